The molecule has 0 amide bonds. The van der Waals surface area contributed by atoms with Gasteiger partial charge in [-0.15, -0.1) is 0 Å². The van der Waals surface area contributed by atoms with Gasteiger partial charge in [0.2, 0.25) is 5.75 Å². The molecule has 0 fully saturated rings. The molecule has 0 spiro atoms. The van der Waals surface area contributed by atoms with E-state index in [-0.39, 0.29) is 11.1 Å². The Morgan fingerprint density at radius 2 is 1.70 bits per heavy atom. The summed E-state index contributed by atoms with van der Waals surface area (Å²) >= 11 is 0. The normalized spacial score (nSPS) is 10.4. The highest BCUT2D eigenvalue weighted by molar-refractivity contribution is 5.94. The zero-order valence-electron chi connectivity index (χ0n) is 11.7. The Kier molecular flexibility index (Phi) is 3.65. The van der Waals surface area contributed by atoms with Crippen LogP contribution < -0.4 is 19.8 Å². The highest BCUT2D eigenvalue weighted by Gasteiger charge is 2.19. The van der Waals surface area contributed by atoms with E-state index in [1.165, 1.54) is 32.0 Å². The third-order valence-electron chi connectivity index (χ3n) is 3.19. The molecule has 0 aliphatic rings. The number of hydrogen-bond donors (Lipinski definition) is 0. The Labute approximate surface area is 115 Å². The van der Waals surface area contributed by atoms with E-state index in [2.05, 4.69) is 0 Å². The first-order valence-corrected chi connectivity index (χ1v) is 5.86. The summed E-state index contributed by atoms with van der Waals surface area (Å²) in [4.78, 5) is 23.0. The molecular weight excluding hydrogens is 262 g/mol. The summed E-state index contributed by atoms with van der Waals surface area (Å²) in [6, 6.07) is 3.16. The Hall–Kier alpha value is -2.50. The van der Waals surface area contributed by atoms with Crippen LogP contribution in [0.15, 0.2) is 16.9 Å². The molecule has 0 unspecified atom stereocenters. The van der Waals surface area contributed by atoms with Gasteiger partial charge < -0.3 is 18.8 Å². The molecule has 2 rings (SSSR count). The SMILES string of the molecule is COc1cc2c(cc(C=O)c(=O)n2C)c(OC)c1OC. The minimum absolute atomic E-state index is 0.0607. The van der Waals surface area contributed by atoms with Crippen LogP contribution in [0.4, 0.5) is 0 Å². The topological polar surface area (TPSA) is 66.8 Å². The molecule has 0 aliphatic heterocycles. The number of carbonyl (C=O) groups is 1. The van der Waals surface area contributed by atoms with Gasteiger partial charge in [0.25, 0.3) is 5.56 Å². The van der Waals surface area contributed by atoms with E-state index < -0.39 is 0 Å². The van der Waals surface area contributed by atoms with Gasteiger partial charge in [-0.1, -0.05) is 0 Å². The fourth-order valence-electron chi connectivity index (χ4n) is 2.19. The number of aromatic nitrogens is 1. The molecule has 0 bridgehead atoms. The largest absolute Gasteiger partial charge is 0.493 e. The van der Waals surface area contributed by atoms with Crippen molar-refractivity contribution in [1.82, 2.24) is 4.57 Å². The van der Waals surface area contributed by atoms with Gasteiger partial charge in [-0.2, -0.15) is 0 Å². The van der Waals surface area contributed by atoms with E-state index in [1.54, 1.807) is 13.1 Å². The first-order valence-electron chi connectivity index (χ1n) is 5.86. The Morgan fingerprint density at radius 1 is 1.05 bits per heavy atom. The maximum absolute atomic E-state index is 12.0. The maximum atomic E-state index is 12.0. The van der Waals surface area contributed by atoms with Gasteiger partial charge in [0.15, 0.2) is 17.8 Å². The van der Waals surface area contributed by atoms with Crippen LogP contribution in [-0.4, -0.2) is 32.2 Å². The van der Waals surface area contributed by atoms with Crippen molar-refractivity contribution in [3.05, 3.63) is 28.0 Å². The summed E-state index contributed by atoms with van der Waals surface area (Å²) in [7, 11) is 6.07. The molecule has 6 nitrogen and oxygen atoms in total. The summed E-state index contributed by atoms with van der Waals surface area (Å²) in [5.74, 6) is 1.28. The molecule has 1 aromatic carbocycles. The number of nitrogens with zero attached hydrogens (tertiary/aromatic N) is 1. The lowest BCUT2D eigenvalue weighted by Gasteiger charge is -2.16. The lowest BCUT2D eigenvalue weighted by atomic mass is 10.1. The Balaban J connectivity index is 3.03. The van der Waals surface area contributed by atoms with Crippen LogP contribution in [-0.2, 0) is 7.05 Å². The van der Waals surface area contributed by atoms with Gasteiger partial charge in [0, 0.05) is 18.5 Å². The molecule has 2 aromatic rings. The summed E-state index contributed by atoms with van der Waals surface area (Å²) < 4.78 is 17.3. The predicted molar refractivity (Wildman–Crippen MR) is 74.2 cm³/mol. The van der Waals surface area contributed by atoms with Crippen LogP contribution in [0, 0.1) is 0 Å². The van der Waals surface area contributed by atoms with Gasteiger partial charge in [0.1, 0.15) is 0 Å². The summed E-state index contributed by atoms with van der Waals surface area (Å²) in [5.41, 5.74) is 0.280. The highest BCUT2D eigenvalue weighted by Crippen LogP contribution is 2.42. The van der Waals surface area contributed by atoms with Crippen molar-refractivity contribution in [2.45, 2.75) is 0 Å². The van der Waals surface area contributed by atoms with E-state index in [0.29, 0.717) is 34.4 Å². The Bertz CT molecular complexity index is 733. The van der Waals surface area contributed by atoms with Crippen molar-refractivity contribution in [2.75, 3.05) is 21.3 Å². The van der Waals surface area contributed by atoms with Crippen LogP contribution in [0.2, 0.25) is 0 Å². The van der Waals surface area contributed by atoms with Crippen LogP contribution in [0.3, 0.4) is 0 Å². The van der Waals surface area contributed by atoms with Gasteiger partial charge in [0.05, 0.1) is 32.4 Å². The maximum Gasteiger partial charge on any atom is 0.261 e. The molecule has 0 radical (unpaired) electrons. The number of aldehydes is 1. The van der Waals surface area contributed by atoms with Gasteiger partial charge in [-0.3, -0.25) is 9.59 Å². The molecule has 0 aliphatic carbocycles. The molecule has 0 atom stereocenters. The number of carbonyl (C=O) groups excluding carboxylic acids is 1. The minimum Gasteiger partial charge on any atom is -0.493 e. The van der Waals surface area contributed by atoms with Crippen molar-refractivity contribution >= 4 is 17.2 Å². The average molecular weight is 277 g/mol. The van der Waals surface area contributed by atoms with Crippen molar-refractivity contribution < 1.29 is 19.0 Å². The second-order valence-corrected chi connectivity index (χ2v) is 4.16. The summed E-state index contributed by atoms with van der Waals surface area (Å²) in [6.07, 6.45) is 0.526. The standard InChI is InChI=1S/C14H15NO5/c1-15-10-6-11(18-2)13(20-4)12(19-3)9(10)5-8(7-16)14(15)17/h5-7H,1-4H3. The number of ether oxygens (including phenoxy) is 3. The second-order valence-electron chi connectivity index (χ2n) is 4.16. The molecule has 0 saturated heterocycles. The predicted octanol–water partition coefficient (Wildman–Crippen LogP) is 1.38. The lowest BCUT2D eigenvalue weighted by molar-refractivity contribution is 0.112. The fourth-order valence-corrected chi connectivity index (χ4v) is 2.19. The highest BCUT2D eigenvalue weighted by atomic mass is 16.5. The monoisotopic (exact) mass is 277 g/mol. The van der Waals surface area contributed by atoms with Crippen molar-refractivity contribution in [2.24, 2.45) is 7.05 Å². The van der Waals surface area contributed by atoms with E-state index in [9.17, 15) is 9.59 Å². The first-order chi connectivity index (χ1) is 9.58. The van der Waals surface area contributed by atoms with E-state index >= 15 is 0 Å². The van der Waals surface area contributed by atoms with Crippen molar-refractivity contribution in [3.8, 4) is 17.2 Å². The van der Waals surface area contributed by atoms with Crippen LogP contribution >= 0.6 is 0 Å². The zero-order chi connectivity index (χ0) is 14.9. The molecule has 0 N–H and O–H groups in total. The smallest absolute Gasteiger partial charge is 0.261 e. The number of hydrogen-bond acceptors (Lipinski definition) is 5. The molecule has 1 heterocycles. The second kappa shape index (κ2) is 5.24. The Morgan fingerprint density at radius 3 is 2.20 bits per heavy atom. The average Bonchev–Trinajstić information content (AvgIpc) is 2.48. The van der Waals surface area contributed by atoms with Gasteiger partial charge >= 0.3 is 0 Å². The van der Waals surface area contributed by atoms with Gasteiger partial charge in [-0.05, 0) is 6.07 Å². The van der Waals surface area contributed by atoms with E-state index in [4.69, 9.17) is 14.2 Å². The molecule has 0 saturated carbocycles. The lowest BCUT2D eigenvalue weighted by Crippen LogP contribution is -2.21. The molecule has 106 valence electrons. The number of methoxy groups -OCH3 is 3. The van der Waals surface area contributed by atoms with Crippen LogP contribution in [0.1, 0.15) is 10.4 Å². The minimum atomic E-state index is -0.373. The van der Waals surface area contributed by atoms with Crippen molar-refractivity contribution in [3.63, 3.8) is 0 Å². The number of aryl methyl sites for hydroxylation is 1. The zero-order valence-corrected chi connectivity index (χ0v) is 11.7. The van der Waals surface area contributed by atoms with Gasteiger partial charge in [-0.25, -0.2) is 0 Å². The molecule has 1 aromatic heterocycles. The van der Waals surface area contributed by atoms with E-state index in [0.717, 1.165) is 0 Å². The van der Waals surface area contributed by atoms with Crippen LogP contribution in [0.5, 0.6) is 17.2 Å². The molecular formula is C14H15NO5. The third-order valence-corrected chi connectivity index (χ3v) is 3.19. The number of rotatable bonds is 4. The summed E-state index contributed by atoms with van der Waals surface area (Å²) in [5, 5.41) is 0.606. The van der Waals surface area contributed by atoms with E-state index in [1.807, 2.05) is 0 Å². The number of fused-ring (bicyclic) bond motifs is 1. The van der Waals surface area contributed by atoms with Crippen LogP contribution in [0.25, 0.3) is 10.9 Å². The third kappa shape index (κ3) is 1.89. The van der Waals surface area contributed by atoms with Crippen molar-refractivity contribution in [1.29, 1.82) is 0 Å². The number of benzene rings is 1. The quantitative estimate of drug-likeness (QED) is 0.790. The molecule has 6 heteroatoms. The molecule has 20 heavy (non-hydrogen) atoms. The number of pyridine rings is 1. The first kappa shape index (κ1) is 13.9. The fraction of sp³-hybridized carbons (Fsp3) is 0.286. The summed E-state index contributed by atoms with van der Waals surface area (Å²) in [6.45, 7) is 0.